The summed E-state index contributed by atoms with van der Waals surface area (Å²) in [6.07, 6.45) is 3.63. The minimum Gasteiger partial charge on any atom is -0.491 e. The van der Waals surface area contributed by atoms with Crippen molar-refractivity contribution in [1.29, 1.82) is 0 Å². The van der Waals surface area contributed by atoms with Crippen molar-refractivity contribution in [3.63, 3.8) is 0 Å². The highest BCUT2D eigenvalue weighted by Gasteiger charge is 2.27. The molecule has 1 heterocycles. The lowest BCUT2D eigenvalue weighted by Crippen LogP contribution is -2.18. The SMILES string of the molecule is CCOCCNc1ccc(-c2c(N)c3ccc(OCCOCC)cc3n2C2CCC2)cc1. The number of nitrogens with zero attached hydrogens (tertiary/aromatic N) is 1. The first kappa shape index (κ1) is 22.5. The maximum atomic E-state index is 6.72. The summed E-state index contributed by atoms with van der Waals surface area (Å²) in [6, 6.07) is 15.2. The monoisotopic (exact) mass is 437 g/mol. The molecule has 1 fully saturated rings. The van der Waals surface area contributed by atoms with Crippen molar-refractivity contribution in [3.8, 4) is 17.0 Å². The maximum Gasteiger partial charge on any atom is 0.121 e. The van der Waals surface area contributed by atoms with Crippen LogP contribution in [0.1, 0.15) is 39.2 Å². The summed E-state index contributed by atoms with van der Waals surface area (Å²) >= 11 is 0. The Labute approximate surface area is 190 Å². The summed E-state index contributed by atoms with van der Waals surface area (Å²) in [4.78, 5) is 0. The van der Waals surface area contributed by atoms with Crippen molar-refractivity contribution in [3.05, 3.63) is 42.5 Å². The average Bonchev–Trinajstić information content (AvgIpc) is 3.05. The number of anilines is 2. The molecule has 6 heteroatoms. The highest BCUT2D eigenvalue weighted by molar-refractivity contribution is 6.01. The van der Waals surface area contributed by atoms with Gasteiger partial charge in [-0.15, -0.1) is 0 Å². The lowest BCUT2D eigenvalue weighted by molar-refractivity contribution is 0.110. The third-order valence-electron chi connectivity index (χ3n) is 6.09. The first-order valence-electron chi connectivity index (χ1n) is 11.8. The van der Waals surface area contributed by atoms with E-state index in [1.807, 2.05) is 19.9 Å². The fourth-order valence-corrected chi connectivity index (χ4v) is 4.25. The van der Waals surface area contributed by atoms with Gasteiger partial charge in [0.25, 0.3) is 0 Å². The van der Waals surface area contributed by atoms with E-state index >= 15 is 0 Å². The van der Waals surface area contributed by atoms with Crippen LogP contribution in [0.5, 0.6) is 5.75 Å². The fraction of sp³-hybridized carbons (Fsp3) is 0.462. The van der Waals surface area contributed by atoms with E-state index in [4.69, 9.17) is 19.9 Å². The van der Waals surface area contributed by atoms with Crippen LogP contribution in [-0.4, -0.2) is 44.1 Å². The van der Waals surface area contributed by atoms with Gasteiger partial charge in [-0.25, -0.2) is 0 Å². The van der Waals surface area contributed by atoms with Crippen LogP contribution in [0, 0.1) is 0 Å². The standard InChI is InChI=1S/C26H35N3O3/c1-3-30-15-14-28-20-10-8-19(9-11-20)26-25(27)23-13-12-22(32-17-16-31-4-2)18-24(23)29(26)21-6-5-7-21/h8-13,18,21,28H,3-7,14-17,27H2,1-2H3. The molecular weight excluding hydrogens is 402 g/mol. The van der Waals surface area contributed by atoms with Crippen LogP contribution in [0.3, 0.4) is 0 Å². The van der Waals surface area contributed by atoms with Gasteiger partial charge in [-0.05, 0) is 57.4 Å². The number of hydrogen-bond donors (Lipinski definition) is 2. The first-order valence-corrected chi connectivity index (χ1v) is 11.8. The summed E-state index contributed by atoms with van der Waals surface area (Å²) in [6.45, 7) is 8.08. The molecule has 172 valence electrons. The normalized spacial score (nSPS) is 13.9. The van der Waals surface area contributed by atoms with Gasteiger partial charge in [-0.2, -0.15) is 0 Å². The largest absolute Gasteiger partial charge is 0.491 e. The van der Waals surface area contributed by atoms with Crippen molar-refractivity contribution < 1.29 is 14.2 Å². The van der Waals surface area contributed by atoms with Crippen LogP contribution in [0.15, 0.2) is 42.5 Å². The molecule has 1 aliphatic rings. The molecule has 0 unspecified atom stereocenters. The second-order valence-corrected chi connectivity index (χ2v) is 8.14. The predicted octanol–water partition coefficient (Wildman–Crippen LogP) is 5.48. The zero-order valence-electron chi connectivity index (χ0n) is 19.2. The van der Waals surface area contributed by atoms with Crippen LogP contribution in [0.4, 0.5) is 11.4 Å². The van der Waals surface area contributed by atoms with E-state index in [-0.39, 0.29) is 0 Å². The van der Waals surface area contributed by atoms with Gasteiger partial charge in [-0.1, -0.05) is 12.1 Å². The Kier molecular flexibility index (Phi) is 7.55. The van der Waals surface area contributed by atoms with Gasteiger partial charge in [0.1, 0.15) is 12.4 Å². The highest BCUT2D eigenvalue weighted by atomic mass is 16.5. The summed E-state index contributed by atoms with van der Waals surface area (Å²) < 4.78 is 19.2. The zero-order valence-corrected chi connectivity index (χ0v) is 19.2. The molecule has 0 bridgehead atoms. The lowest BCUT2D eigenvalue weighted by atomic mass is 9.92. The van der Waals surface area contributed by atoms with Crippen LogP contribution < -0.4 is 15.8 Å². The minimum absolute atomic E-state index is 0.479. The van der Waals surface area contributed by atoms with Crippen LogP contribution in [0.2, 0.25) is 0 Å². The van der Waals surface area contributed by atoms with Crippen molar-refractivity contribution in [2.24, 2.45) is 0 Å². The molecule has 1 saturated carbocycles. The Bertz CT molecular complexity index is 1010. The van der Waals surface area contributed by atoms with E-state index in [1.165, 1.54) is 19.3 Å². The molecule has 0 aliphatic heterocycles. The number of aromatic nitrogens is 1. The van der Waals surface area contributed by atoms with E-state index in [1.54, 1.807) is 0 Å². The second-order valence-electron chi connectivity index (χ2n) is 8.14. The van der Waals surface area contributed by atoms with E-state index in [2.05, 4.69) is 46.3 Å². The Morgan fingerprint density at radius 1 is 0.969 bits per heavy atom. The molecule has 3 aromatic rings. The Balaban J connectivity index is 1.62. The first-order chi connectivity index (χ1) is 15.7. The number of benzene rings is 2. The van der Waals surface area contributed by atoms with Gasteiger partial charge in [0, 0.05) is 48.5 Å². The Hall–Kier alpha value is -2.70. The van der Waals surface area contributed by atoms with Crippen LogP contribution in [0.25, 0.3) is 22.2 Å². The maximum absolute atomic E-state index is 6.72. The average molecular weight is 438 g/mol. The van der Waals surface area contributed by atoms with Crippen molar-refractivity contribution >= 4 is 22.3 Å². The third kappa shape index (κ3) is 4.87. The molecule has 1 aromatic heterocycles. The predicted molar refractivity (Wildman–Crippen MR) is 132 cm³/mol. The number of nitrogens with two attached hydrogens (primary N) is 1. The molecule has 6 nitrogen and oxygen atoms in total. The van der Waals surface area contributed by atoms with Gasteiger partial charge < -0.3 is 29.8 Å². The second kappa shape index (κ2) is 10.7. The molecule has 1 aliphatic carbocycles. The van der Waals surface area contributed by atoms with Gasteiger partial charge in [-0.3, -0.25) is 0 Å². The summed E-state index contributed by atoms with van der Waals surface area (Å²) in [5, 5.41) is 4.49. The molecule has 0 radical (unpaired) electrons. The lowest BCUT2D eigenvalue weighted by Gasteiger charge is -2.30. The number of rotatable bonds is 12. The van der Waals surface area contributed by atoms with Crippen molar-refractivity contribution in [2.75, 3.05) is 50.6 Å². The molecule has 0 saturated heterocycles. The molecular formula is C26H35N3O3. The van der Waals surface area contributed by atoms with E-state index < -0.39 is 0 Å². The smallest absolute Gasteiger partial charge is 0.121 e. The van der Waals surface area contributed by atoms with E-state index in [9.17, 15) is 0 Å². The number of nitrogens with one attached hydrogen (secondary N) is 1. The minimum atomic E-state index is 0.479. The Morgan fingerprint density at radius 3 is 2.41 bits per heavy atom. The van der Waals surface area contributed by atoms with E-state index in [0.717, 1.165) is 52.4 Å². The van der Waals surface area contributed by atoms with Gasteiger partial charge in [0.15, 0.2) is 0 Å². The molecule has 0 amide bonds. The van der Waals surface area contributed by atoms with E-state index in [0.29, 0.717) is 32.5 Å². The highest BCUT2D eigenvalue weighted by Crippen LogP contribution is 2.44. The van der Waals surface area contributed by atoms with Gasteiger partial charge in [0.2, 0.25) is 0 Å². The summed E-state index contributed by atoms with van der Waals surface area (Å²) in [5.74, 6) is 0.857. The number of nitrogen functional groups attached to an aromatic ring is 1. The summed E-state index contributed by atoms with van der Waals surface area (Å²) in [5.41, 5.74) is 12.0. The molecule has 3 N–H and O–H groups in total. The summed E-state index contributed by atoms with van der Waals surface area (Å²) in [7, 11) is 0. The molecule has 4 rings (SSSR count). The molecule has 2 aromatic carbocycles. The van der Waals surface area contributed by atoms with Gasteiger partial charge in [0.05, 0.1) is 30.1 Å². The number of ether oxygens (including phenoxy) is 3. The van der Waals surface area contributed by atoms with Crippen molar-refractivity contribution in [2.45, 2.75) is 39.2 Å². The topological polar surface area (TPSA) is 70.7 Å². The molecule has 0 spiro atoms. The molecule has 0 atom stereocenters. The van der Waals surface area contributed by atoms with Crippen molar-refractivity contribution in [1.82, 2.24) is 4.57 Å². The fourth-order valence-electron chi connectivity index (χ4n) is 4.25. The molecule has 32 heavy (non-hydrogen) atoms. The quantitative estimate of drug-likeness (QED) is 0.367. The number of hydrogen-bond acceptors (Lipinski definition) is 5. The van der Waals surface area contributed by atoms with Crippen LogP contribution in [-0.2, 0) is 9.47 Å². The Morgan fingerprint density at radius 2 is 1.72 bits per heavy atom. The zero-order chi connectivity index (χ0) is 22.3. The van der Waals surface area contributed by atoms with Crippen LogP contribution >= 0.6 is 0 Å². The third-order valence-corrected chi connectivity index (χ3v) is 6.09. The number of fused-ring (bicyclic) bond motifs is 1. The van der Waals surface area contributed by atoms with Gasteiger partial charge >= 0.3 is 0 Å².